The van der Waals surface area contributed by atoms with E-state index in [0.29, 0.717) is 5.75 Å². The first-order chi connectivity index (χ1) is 16.3. The van der Waals surface area contributed by atoms with Crippen LogP contribution in [-0.2, 0) is 14.4 Å². The molecule has 0 saturated heterocycles. The van der Waals surface area contributed by atoms with Gasteiger partial charge in [0, 0.05) is 5.56 Å². The Labute approximate surface area is 201 Å². The zero-order valence-electron chi connectivity index (χ0n) is 19.7. The van der Waals surface area contributed by atoms with Crippen LogP contribution in [0.4, 0.5) is 13.2 Å². The number of hydrogen-bond donors (Lipinski definition) is 3. The van der Waals surface area contributed by atoms with Crippen molar-refractivity contribution in [2.75, 3.05) is 6.61 Å². The van der Waals surface area contributed by atoms with Gasteiger partial charge in [0.15, 0.2) is 0 Å². The molecule has 3 N–H and O–H groups in total. The number of rotatable bonds is 8. The molecule has 1 heterocycles. The molecule has 2 aliphatic rings. The van der Waals surface area contributed by atoms with Crippen molar-refractivity contribution in [3.05, 3.63) is 29.8 Å². The lowest BCUT2D eigenvalue weighted by Crippen LogP contribution is -2.60. The highest BCUT2D eigenvalue weighted by atomic mass is 19.4. The quantitative estimate of drug-likeness (QED) is 0.513. The Morgan fingerprint density at radius 3 is 2.31 bits per heavy atom. The van der Waals surface area contributed by atoms with Gasteiger partial charge in [0.05, 0.1) is 18.6 Å². The Morgan fingerprint density at radius 1 is 1.09 bits per heavy atom. The van der Waals surface area contributed by atoms with E-state index in [1.54, 1.807) is 23.5 Å². The van der Waals surface area contributed by atoms with Gasteiger partial charge in [-0.05, 0) is 23.8 Å². The van der Waals surface area contributed by atoms with Crippen LogP contribution in [0.2, 0.25) is 0 Å². The molecule has 11 heteroatoms. The number of amides is 3. The van der Waals surface area contributed by atoms with Gasteiger partial charge in [-0.3, -0.25) is 14.4 Å². The molecule has 1 aliphatic carbocycles. The van der Waals surface area contributed by atoms with Crippen LogP contribution < -0.4 is 20.7 Å². The lowest BCUT2D eigenvalue weighted by Gasteiger charge is -2.32. The van der Waals surface area contributed by atoms with Crippen LogP contribution in [0.1, 0.15) is 51.5 Å². The predicted molar refractivity (Wildman–Crippen MR) is 119 cm³/mol. The Balaban J connectivity index is 1.74. The third-order valence-electron chi connectivity index (χ3n) is 6.14. The van der Waals surface area contributed by atoms with E-state index in [-0.39, 0.29) is 18.9 Å². The maximum Gasteiger partial charge on any atom is 0.471 e. The molecule has 1 aromatic rings. The molecule has 0 aromatic heterocycles. The summed E-state index contributed by atoms with van der Waals surface area (Å²) in [5.74, 6) is -3.36. The van der Waals surface area contributed by atoms with Crippen LogP contribution in [0.5, 0.6) is 5.75 Å². The molecule has 4 atom stereocenters. The summed E-state index contributed by atoms with van der Waals surface area (Å²) in [6, 6.07) is 5.71. The number of carbonyl (C=O) groups is 3. The van der Waals surface area contributed by atoms with Gasteiger partial charge < -0.3 is 20.7 Å². The minimum Gasteiger partial charge on any atom is -0.493 e. The summed E-state index contributed by atoms with van der Waals surface area (Å²) in [6.07, 6.45) is -3.16. The third kappa shape index (κ3) is 6.65. The molecule has 3 amide bonds. The highest BCUT2D eigenvalue weighted by molar-refractivity contribution is 5.93. The smallest absolute Gasteiger partial charge is 0.471 e. The molecule has 0 bridgehead atoms. The van der Waals surface area contributed by atoms with Crippen molar-refractivity contribution < 1.29 is 32.3 Å². The van der Waals surface area contributed by atoms with Gasteiger partial charge in [-0.2, -0.15) is 18.4 Å². The fourth-order valence-electron chi connectivity index (χ4n) is 4.00. The second-order valence-corrected chi connectivity index (χ2v) is 10.1. The van der Waals surface area contributed by atoms with E-state index in [1.165, 1.54) is 20.8 Å². The molecule has 3 rings (SSSR count). The number of carbonyl (C=O) groups excluding carboxylic acids is 3. The van der Waals surface area contributed by atoms with Crippen LogP contribution in [0.25, 0.3) is 0 Å². The fourth-order valence-corrected chi connectivity index (χ4v) is 4.00. The monoisotopic (exact) mass is 494 g/mol. The number of benzene rings is 1. The molecule has 1 saturated carbocycles. The van der Waals surface area contributed by atoms with Crippen molar-refractivity contribution in [1.82, 2.24) is 16.0 Å². The van der Waals surface area contributed by atoms with Crippen molar-refractivity contribution in [2.24, 2.45) is 11.3 Å². The van der Waals surface area contributed by atoms with E-state index in [2.05, 4.69) is 16.7 Å². The lowest BCUT2D eigenvalue weighted by atomic mass is 9.85. The maximum atomic E-state index is 13.1. The minimum atomic E-state index is -5.16. The average Bonchev–Trinajstić information content (AvgIpc) is 3.49. The number of fused-ring (bicyclic) bond motifs is 1. The topological polar surface area (TPSA) is 120 Å². The summed E-state index contributed by atoms with van der Waals surface area (Å²) in [5, 5.41) is 16.7. The molecule has 4 unspecified atom stereocenters. The highest BCUT2D eigenvalue weighted by Crippen LogP contribution is 2.36. The highest BCUT2D eigenvalue weighted by Gasteiger charge is 2.44. The van der Waals surface area contributed by atoms with Crippen LogP contribution in [0.15, 0.2) is 24.3 Å². The van der Waals surface area contributed by atoms with Crippen molar-refractivity contribution in [3.8, 4) is 11.8 Å². The second kappa shape index (κ2) is 10.1. The number of alkyl halides is 3. The number of hydrogen-bond acceptors (Lipinski definition) is 5. The van der Waals surface area contributed by atoms with Crippen molar-refractivity contribution in [2.45, 2.75) is 70.3 Å². The number of para-hydroxylation sites is 1. The first-order valence-corrected chi connectivity index (χ1v) is 11.4. The van der Waals surface area contributed by atoms with Crippen LogP contribution >= 0.6 is 0 Å². The zero-order chi connectivity index (χ0) is 26.0. The number of nitrogens with one attached hydrogen (secondary N) is 3. The van der Waals surface area contributed by atoms with Gasteiger partial charge in [0.1, 0.15) is 23.9 Å². The van der Waals surface area contributed by atoms with Gasteiger partial charge in [0.25, 0.3) is 0 Å². The predicted octanol–water partition coefficient (Wildman–Crippen LogP) is 2.55. The Bertz CT molecular complexity index is 1010. The Hall–Kier alpha value is -3.29. The van der Waals surface area contributed by atoms with E-state index >= 15 is 0 Å². The molecule has 190 valence electrons. The molecule has 0 radical (unpaired) electrons. The van der Waals surface area contributed by atoms with E-state index in [0.717, 1.165) is 18.4 Å². The molecule has 1 fully saturated rings. The molecular weight excluding hydrogens is 465 g/mol. The molecule has 8 nitrogen and oxygen atoms in total. The first kappa shape index (κ1) is 26.3. The normalized spacial score (nSPS) is 19.9. The van der Waals surface area contributed by atoms with E-state index in [1.807, 2.05) is 6.07 Å². The lowest BCUT2D eigenvalue weighted by molar-refractivity contribution is -0.175. The second-order valence-electron chi connectivity index (χ2n) is 10.1. The van der Waals surface area contributed by atoms with Gasteiger partial charge in [-0.15, -0.1) is 0 Å². The summed E-state index contributed by atoms with van der Waals surface area (Å²) < 4.78 is 44.1. The number of ether oxygens (including phenoxy) is 1. The Morgan fingerprint density at radius 2 is 1.74 bits per heavy atom. The Kier molecular flexibility index (Phi) is 7.62. The third-order valence-corrected chi connectivity index (χ3v) is 6.14. The molecule has 1 aliphatic heterocycles. The van der Waals surface area contributed by atoms with Crippen LogP contribution in [-0.4, -0.2) is 48.6 Å². The summed E-state index contributed by atoms with van der Waals surface area (Å²) in [4.78, 5) is 37.7. The van der Waals surface area contributed by atoms with Gasteiger partial charge >= 0.3 is 12.1 Å². The summed E-state index contributed by atoms with van der Waals surface area (Å²) in [7, 11) is 0. The maximum absolute atomic E-state index is 13.1. The van der Waals surface area contributed by atoms with Gasteiger partial charge in [-0.25, -0.2) is 0 Å². The van der Waals surface area contributed by atoms with Crippen molar-refractivity contribution in [3.63, 3.8) is 0 Å². The molecular formula is C24H29F3N4O4. The van der Waals surface area contributed by atoms with Gasteiger partial charge in [0.2, 0.25) is 11.8 Å². The van der Waals surface area contributed by atoms with E-state index in [9.17, 15) is 32.8 Å². The summed E-state index contributed by atoms with van der Waals surface area (Å²) >= 11 is 0. The standard InChI is InChI=1S/C24H29F3N4O4/c1-23(2,3)19(31-22(34)24(25,26)27)21(33)29-16(10-13-8-9-13)20(32)30-17(11-28)15-12-35-18-7-5-4-6-14(15)18/h4-7,13,15-17,19H,8-10,12H2,1-3H3,(H,29,33)(H,30,32)(H,31,34). The largest absolute Gasteiger partial charge is 0.493 e. The number of nitriles is 1. The molecule has 0 spiro atoms. The molecule has 35 heavy (non-hydrogen) atoms. The van der Waals surface area contributed by atoms with Crippen molar-refractivity contribution in [1.29, 1.82) is 5.26 Å². The summed E-state index contributed by atoms with van der Waals surface area (Å²) in [6.45, 7) is 4.72. The van der Waals surface area contributed by atoms with Gasteiger partial charge in [-0.1, -0.05) is 51.8 Å². The van der Waals surface area contributed by atoms with Crippen LogP contribution in [0.3, 0.4) is 0 Å². The minimum absolute atomic E-state index is 0.181. The van der Waals surface area contributed by atoms with E-state index in [4.69, 9.17) is 4.74 Å². The van der Waals surface area contributed by atoms with Crippen LogP contribution in [0, 0.1) is 22.7 Å². The SMILES string of the molecule is CC(C)(C)C(NC(=O)C(F)(F)F)C(=O)NC(CC1CC1)C(=O)NC(C#N)C1COc2ccccc21. The average molecular weight is 495 g/mol. The summed E-state index contributed by atoms with van der Waals surface area (Å²) in [5.41, 5.74) is -0.282. The fraction of sp³-hybridized carbons (Fsp3) is 0.583. The zero-order valence-corrected chi connectivity index (χ0v) is 19.7. The molecule has 1 aromatic carbocycles. The number of halogens is 3. The first-order valence-electron chi connectivity index (χ1n) is 11.4. The number of nitrogens with zero attached hydrogens (tertiary/aromatic N) is 1. The van der Waals surface area contributed by atoms with Crippen molar-refractivity contribution >= 4 is 17.7 Å². The van der Waals surface area contributed by atoms with E-state index < -0.39 is 53.4 Å².